The van der Waals surface area contributed by atoms with Gasteiger partial charge in [-0.05, 0) is 43.1 Å². The van der Waals surface area contributed by atoms with Crippen LogP contribution in [0.3, 0.4) is 0 Å². The van der Waals surface area contributed by atoms with E-state index >= 15 is 0 Å². The lowest BCUT2D eigenvalue weighted by atomic mass is 9.94. The normalized spacial score (nSPS) is 28.6. The maximum Gasteiger partial charge on any atom is 0.326 e. The average Bonchev–Trinajstić information content (AvgIpc) is 3.11. The molecule has 1 saturated carbocycles. The Morgan fingerprint density at radius 3 is 2.85 bits per heavy atom. The molecule has 0 bridgehead atoms. The second-order valence-electron chi connectivity index (χ2n) is 5.42. The SMILES string of the molecule is CSc1ccc(C(=O)N2CC3CCCC3C2C(=O)O)o1. The van der Waals surface area contributed by atoms with Gasteiger partial charge in [-0.2, -0.15) is 0 Å². The molecule has 0 spiro atoms. The van der Waals surface area contributed by atoms with Crippen molar-refractivity contribution in [3.05, 3.63) is 17.9 Å². The molecular weight excluding hydrogens is 278 g/mol. The molecule has 3 atom stereocenters. The zero-order valence-electron chi connectivity index (χ0n) is 11.2. The van der Waals surface area contributed by atoms with Gasteiger partial charge in [-0.1, -0.05) is 18.2 Å². The molecule has 1 aromatic rings. The highest BCUT2D eigenvalue weighted by molar-refractivity contribution is 7.98. The van der Waals surface area contributed by atoms with Crippen LogP contribution >= 0.6 is 11.8 Å². The Bertz CT molecular complexity index is 541. The minimum absolute atomic E-state index is 0.103. The largest absolute Gasteiger partial charge is 0.480 e. The zero-order chi connectivity index (χ0) is 14.3. The zero-order valence-corrected chi connectivity index (χ0v) is 12.1. The van der Waals surface area contributed by atoms with E-state index in [9.17, 15) is 14.7 Å². The number of amides is 1. The van der Waals surface area contributed by atoms with Crippen LogP contribution in [0.1, 0.15) is 29.8 Å². The van der Waals surface area contributed by atoms with Gasteiger partial charge in [-0.3, -0.25) is 4.79 Å². The molecule has 1 aliphatic carbocycles. The highest BCUT2D eigenvalue weighted by Crippen LogP contribution is 2.42. The smallest absolute Gasteiger partial charge is 0.326 e. The van der Waals surface area contributed by atoms with E-state index in [1.54, 1.807) is 12.1 Å². The van der Waals surface area contributed by atoms with Crippen LogP contribution in [-0.4, -0.2) is 40.7 Å². The summed E-state index contributed by atoms with van der Waals surface area (Å²) in [7, 11) is 0. The Labute approximate surface area is 121 Å². The van der Waals surface area contributed by atoms with Crippen molar-refractivity contribution < 1.29 is 19.1 Å². The van der Waals surface area contributed by atoms with Crippen molar-refractivity contribution in [2.45, 2.75) is 30.4 Å². The van der Waals surface area contributed by atoms with E-state index in [-0.39, 0.29) is 17.6 Å². The quantitative estimate of drug-likeness (QED) is 0.867. The topological polar surface area (TPSA) is 70.8 Å². The molecular formula is C14H17NO4S. The molecule has 2 fully saturated rings. The number of hydrogen-bond donors (Lipinski definition) is 1. The predicted octanol–water partition coefficient (Wildman–Crippen LogP) is 2.33. The number of nitrogens with zero attached hydrogens (tertiary/aromatic N) is 1. The Balaban J connectivity index is 1.85. The molecule has 5 nitrogen and oxygen atoms in total. The van der Waals surface area contributed by atoms with Crippen molar-refractivity contribution in [3.8, 4) is 0 Å². The van der Waals surface area contributed by atoms with Crippen molar-refractivity contribution in [1.82, 2.24) is 4.90 Å². The fourth-order valence-electron chi connectivity index (χ4n) is 3.52. The van der Waals surface area contributed by atoms with Crippen molar-refractivity contribution in [1.29, 1.82) is 0 Å². The van der Waals surface area contributed by atoms with Gasteiger partial charge in [0.2, 0.25) is 0 Å². The van der Waals surface area contributed by atoms with Gasteiger partial charge < -0.3 is 14.4 Å². The van der Waals surface area contributed by atoms with Crippen LogP contribution in [0.5, 0.6) is 0 Å². The van der Waals surface area contributed by atoms with E-state index < -0.39 is 12.0 Å². The van der Waals surface area contributed by atoms with Gasteiger partial charge in [0.25, 0.3) is 5.91 Å². The van der Waals surface area contributed by atoms with Gasteiger partial charge in [0.05, 0.1) is 0 Å². The number of likely N-dealkylation sites (tertiary alicyclic amines) is 1. The molecule has 3 unspecified atom stereocenters. The highest BCUT2D eigenvalue weighted by Gasteiger charge is 2.50. The summed E-state index contributed by atoms with van der Waals surface area (Å²) in [4.78, 5) is 25.5. The fourth-order valence-corrected chi connectivity index (χ4v) is 3.89. The Morgan fingerprint density at radius 1 is 1.40 bits per heavy atom. The van der Waals surface area contributed by atoms with E-state index in [2.05, 4.69) is 0 Å². The molecule has 1 aliphatic heterocycles. The number of fused-ring (bicyclic) bond motifs is 1. The molecule has 1 aromatic heterocycles. The number of aliphatic carboxylic acids is 1. The lowest BCUT2D eigenvalue weighted by Gasteiger charge is -2.23. The van der Waals surface area contributed by atoms with Crippen molar-refractivity contribution in [3.63, 3.8) is 0 Å². The number of carbonyl (C=O) groups excluding carboxylic acids is 1. The summed E-state index contributed by atoms with van der Waals surface area (Å²) < 4.78 is 5.44. The van der Waals surface area contributed by atoms with E-state index in [4.69, 9.17) is 4.42 Å². The Hall–Kier alpha value is -1.43. The first kappa shape index (κ1) is 13.5. The van der Waals surface area contributed by atoms with E-state index in [1.807, 2.05) is 6.26 Å². The molecule has 2 heterocycles. The lowest BCUT2D eigenvalue weighted by molar-refractivity contribution is -0.142. The third-order valence-electron chi connectivity index (χ3n) is 4.40. The predicted molar refractivity (Wildman–Crippen MR) is 73.8 cm³/mol. The summed E-state index contributed by atoms with van der Waals surface area (Å²) in [6.07, 6.45) is 4.86. The van der Waals surface area contributed by atoms with Gasteiger partial charge in [0.15, 0.2) is 10.9 Å². The van der Waals surface area contributed by atoms with Crippen molar-refractivity contribution in [2.75, 3.05) is 12.8 Å². The standard InChI is InChI=1S/C14H17NO4S/c1-20-11-6-5-10(19-11)13(16)15-7-8-3-2-4-9(8)12(15)14(17)18/h5-6,8-9,12H,2-4,7H2,1H3,(H,17,18). The summed E-state index contributed by atoms with van der Waals surface area (Å²) in [5.41, 5.74) is 0. The van der Waals surface area contributed by atoms with Crippen LogP contribution in [0.25, 0.3) is 0 Å². The number of carboxylic acid groups (broad SMARTS) is 1. The highest BCUT2D eigenvalue weighted by atomic mass is 32.2. The summed E-state index contributed by atoms with van der Waals surface area (Å²) in [6.45, 7) is 0.537. The van der Waals surface area contributed by atoms with Crippen molar-refractivity contribution >= 4 is 23.6 Å². The third-order valence-corrected chi connectivity index (χ3v) is 5.02. The van der Waals surface area contributed by atoms with Crippen LogP contribution in [-0.2, 0) is 4.79 Å². The van der Waals surface area contributed by atoms with E-state index in [0.717, 1.165) is 19.3 Å². The number of furan rings is 1. The first-order valence-electron chi connectivity index (χ1n) is 6.79. The van der Waals surface area contributed by atoms with Crippen LogP contribution in [0.15, 0.2) is 21.6 Å². The van der Waals surface area contributed by atoms with E-state index in [1.165, 1.54) is 16.7 Å². The molecule has 108 valence electrons. The first-order chi connectivity index (χ1) is 9.61. The fraction of sp³-hybridized carbons (Fsp3) is 0.571. The molecule has 1 amide bonds. The van der Waals surface area contributed by atoms with Crippen molar-refractivity contribution in [2.24, 2.45) is 11.8 Å². The molecule has 2 aliphatic rings. The molecule has 0 aromatic carbocycles. The minimum Gasteiger partial charge on any atom is -0.480 e. The second-order valence-corrected chi connectivity index (χ2v) is 6.23. The average molecular weight is 295 g/mol. The van der Waals surface area contributed by atoms with Crippen LogP contribution < -0.4 is 0 Å². The number of rotatable bonds is 3. The molecule has 3 rings (SSSR count). The molecule has 6 heteroatoms. The van der Waals surface area contributed by atoms with Gasteiger partial charge in [-0.25, -0.2) is 4.79 Å². The number of thioether (sulfide) groups is 1. The maximum absolute atomic E-state index is 12.5. The number of carboxylic acids is 1. The lowest BCUT2D eigenvalue weighted by Crippen LogP contribution is -2.43. The van der Waals surface area contributed by atoms with E-state index in [0.29, 0.717) is 17.6 Å². The monoisotopic (exact) mass is 295 g/mol. The molecule has 1 saturated heterocycles. The molecule has 0 radical (unpaired) electrons. The summed E-state index contributed by atoms with van der Waals surface area (Å²) >= 11 is 1.42. The van der Waals surface area contributed by atoms with Gasteiger partial charge in [0.1, 0.15) is 6.04 Å². The maximum atomic E-state index is 12.5. The minimum atomic E-state index is -0.899. The summed E-state index contributed by atoms with van der Waals surface area (Å²) in [6, 6.07) is 2.67. The number of hydrogen-bond acceptors (Lipinski definition) is 4. The number of carbonyl (C=O) groups is 2. The Morgan fingerprint density at radius 2 is 2.20 bits per heavy atom. The second kappa shape index (κ2) is 5.16. The van der Waals surface area contributed by atoms with Gasteiger partial charge >= 0.3 is 5.97 Å². The van der Waals surface area contributed by atoms with Gasteiger partial charge in [-0.15, -0.1) is 0 Å². The summed E-state index contributed by atoms with van der Waals surface area (Å²) in [5.74, 6) is -0.529. The van der Waals surface area contributed by atoms with Crippen LogP contribution in [0.2, 0.25) is 0 Å². The molecule has 1 N–H and O–H groups in total. The molecule has 20 heavy (non-hydrogen) atoms. The first-order valence-corrected chi connectivity index (χ1v) is 8.02. The van der Waals surface area contributed by atoms with Crippen LogP contribution in [0.4, 0.5) is 0 Å². The van der Waals surface area contributed by atoms with Gasteiger partial charge in [0, 0.05) is 6.54 Å². The summed E-state index contributed by atoms with van der Waals surface area (Å²) in [5, 5.41) is 10.1. The Kier molecular flexibility index (Phi) is 3.50. The van der Waals surface area contributed by atoms with Crippen LogP contribution in [0, 0.1) is 11.8 Å². The third kappa shape index (κ3) is 2.12.